The summed E-state index contributed by atoms with van der Waals surface area (Å²) in [6, 6.07) is 6.39. The maximum atomic E-state index is 11.6. The van der Waals surface area contributed by atoms with E-state index in [1.54, 1.807) is 18.2 Å². The van der Waals surface area contributed by atoms with Crippen LogP contribution in [0, 0.1) is 10.1 Å². The van der Waals surface area contributed by atoms with Crippen molar-refractivity contribution in [1.82, 2.24) is 10.6 Å². The van der Waals surface area contributed by atoms with E-state index < -0.39 is 4.92 Å². The Morgan fingerprint density at radius 2 is 1.95 bits per heavy atom. The van der Waals surface area contributed by atoms with Crippen molar-refractivity contribution in [3.63, 3.8) is 0 Å². The number of anilines is 1. The Morgan fingerprint density at radius 1 is 1.19 bits per heavy atom. The Kier molecular flexibility index (Phi) is 7.81. The summed E-state index contributed by atoms with van der Waals surface area (Å²) in [4.78, 5) is 22.0. The van der Waals surface area contributed by atoms with Crippen molar-refractivity contribution in [1.29, 1.82) is 0 Å². The Balaban J connectivity index is 2.24. The maximum Gasteiger partial charge on any atom is 0.292 e. The van der Waals surface area contributed by atoms with E-state index in [1.807, 2.05) is 0 Å². The van der Waals surface area contributed by atoms with Gasteiger partial charge in [0.25, 0.3) is 5.69 Å². The molecule has 0 unspecified atom stereocenters. The van der Waals surface area contributed by atoms with Crippen molar-refractivity contribution in [3.05, 3.63) is 34.4 Å². The number of benzene rings is 1. The van der Waals surface area contributed by atoms with E-state index in [0.29, 0.717) is 18.8 Å². The lowest BCUT2D eigenvalue weighted by Gasteiger charge is -2.08. The maximum absolute atomic E-state index is 11.6. The van der Waals surface area contributed by atoms with Crippen LogP contribution in [0.4, 0.5) is 11.4 Å². The molecule has 0 aromatic heterocycles. The first-order valence-electron chi connectivity index (χ1n) is 7.10. The third kappa shape index (κ3) is 6.71. The minimum atomic E-state index is -0.443. The fourth-order valence-electron chi connectivity index (χ4n) is 1.77. The summed E-state index contributed by atoms with van der Waals surface area (Å²) >= 11 is 0. The van der Waals surface area contributed by atoms with Gasteiger partial charge in [-0.2, -0.15) is 0 Å². The highest BCUT2D eigenvalue weighted by molar-refractivity contribution is 5.76. The minimum Gasteiger partial charge on any atom is -0.379 e. The molecule has 0 aliphatic rings. The Hall–Kier alpha value is -2.15. The summed E-state index contributed by atoms with van der Waals surface area (Å²) in [5.41, 5.74) is 0.446. The number of carbonyl (C=O) groups excluding carboxylic acids is 1. The van der Waals surface area contributed by atoms with Crippen LogP contribution in [0.5, 0.6) is 0 Å². The molecule has 21 heavy (non-hydrogen) atoms. The molecule has 0 saturated heterocycles. The molecule has 7 nitrogen and oxygen atoms in total. The van der Waals surface area contributed by atoms with Crippen LogP contribution in [0.3, 0.4) is 0 Å². The fourth-order valence-corrected chi connectivity index (χ4v) is 1.77. The fraction of sp³-hybridized carbons (Fsp3) is 0.500. The van der Waals surface area contributed by atoms with E-state index >= 15 is 0 Å². The summed E-state index contributed by atoms with van der Waals surface area (Å²) in [6.07, 6.45) is 1.34. The van der Waals surface area contributed by atoms with Gasteiger partial charge in [0.1, 0.15) is 5.69 Å². The number of carbonyl (C=O) groups is 1. The zero-order chi connectivity index (χ0) is 15.5. The number of nitro benzene ring substituents is 1. The average Bonchev–Trinajstić information content (AvgIpc) is 2.47. The number of hydrogen-bond donors (Lipinski definition) is 3. The van der Waals surface area contributed by atoms with Gasteiger partial charge < -0.3 is 16.0 Å². The van der Waals surface area contributed by atoms with Gasteiger partial charge in [0, 0.05) is 32.1 Å². The van der Waals surface area contributed by atoms with Crippen LogP contribution < -0.4 is 16.0 Å². The largest absolute Gasteiger partial charge is 0.379 e. The van der Waals surface area contributed by atoms with Gasteiger partial charge in [0.2, 0.25) is 5.91 Å². The topological polar surface area (TPSA) is 96.3 Å². The molecule has 0 fully saturated rings. The Labute approximate surface area is 124 Å². The van der Waals surface area contributed by atoms with Crippen LogP contribution in [-0.4, -0.2) is 37.0 Å². The third-order valence-electron chi connectivity index (χ3n) is 2.82. The first-order valence-corrected chi connectivity index (χ1v) is 7.10. The van der Waals surface area contributed by atoms with Gasteiger partial charge in [0.15, 0.2) is 0 Å². The summed E-state index contributed by atoms with van der Waals surface area (Å²) in [5, 5.41) is 19.7. The van der Waals surface area contributed by atoms with Gasteiger partial charge >= 0.3 is 0 Å². The summed E-state index contributed by atoms with van der Waals surface area (Å²) in [7, 11) is 0. The molecule has 0 heterocycles. The van der Waals surface area contributed by atoms with Gasteiger partial charge in [-0.25, -0.2) is 0 Å². The zero-order valence-electron chi connectivity index (χ0n) is 12.2. The Bertz CT molecular complexity index is 465. The molecule has 0 spiro atoms. The number of nitrogens with zero attached hydrogens (tertiary/aromatic N) is 1. The molecule has 1 aromatic carbocycles. The SMILES string of the molecule is CCCNCCNC(=O)CCNc1ccccc1[N+](=O)[O-]. The minimum absolute atomic E-state index is 0.0154. The molecule has 0 bridgehead atoms. The molecule has 0 aliphatic heterocycles. The lowest BCUT2D eigenvalue weighted by Crippen LogP contribution is -2.32. The van der Waals surface area contributed by atoms with Crippen molar-refractivity contribution < 1.29 is 9.72 Å². The second-order valence-corrected chi connectivity index (χ2v) is 4.55. The standard InChI is InChI=1S/C14H22N4O3/c1-2-8-15-10-11-17-14(19)7-9-16-12-5-3-4-6-13(12)18(20)21/h3-6,15-16H,2,7-11H2,1H3,(H,17,19). The first kappa shape index (κ1) is 16.9. The lowest BCUT2D eigenvalue weighted by molar-refractivity contribution is -0.384. The van der Waals surface area contributed by atoms with Crippen molar-refractivity contribution in [2.45, 2.75) is 19.8 Å². The molecule has 0 atom stereocenters. The molecule has 1 aromatic rings. The molecule has 7 heteroatoms. The van der Waals surface area contributed by atoms with Crippen molar-refractivity contribution >= 4 is 17.3 Å². The van der Waals surface area contributed by atoms with E-state index in [9.17, 15) is 14.9 Å². The highest BCUT2D eigenvalue weighted by Gasteiger charge is 2.11. The number of rotatable bonds is 10. The molecule has 3 N–H and O–H groups in total. The summed E-state index contributed by atoms with van der Waals surface area (Å²) in [5.74, 6) is -0.0700. The highest BCUT2D eigenvalue weighted by Crippen LogP contribution is 2.22. The van der Waals surface area contributed by atoms with E-state index in [-0.39, 0.29) is 18.0 Å². The third-order valence-corrected chi connectivity index (χ3v) is 2.82. The predicted octanol–water partition coefficient (Wildman–Crippen LogP) is 1.51. The second-order valence-electron chi connectivity index (χ2n) is 4.55. The van der Waals surface area contributed by atoms with Crippen molar-refractivity contribution in [2.24, 2.45) is 0 Å². The van der Waals surface area contributed by atoms with Crippen LogP contribution in [-0.2, 0) is 4.79 Å². The van der Waals surface area contributed by atoms with Gasteiger partial charge in [-0.05, 0) is 19.0 Å². The molecular weight excluding hydrogens is 272 g/mol. The smallest absolute Gasteiger partial charge is 0.292 e. The van der Waals surface area contributed by atoms with E-state index in [2.05, 4.69) is 22.9 Å². The number of para-hydroxylation sites is 2. The van der Waals surface area contributed by atoms with Crippen LogP contribution in [0.2, 0.25) is 0 Å². The molecule has 1 rings (SSSR count). The van der Waals surface area contributed by atoms with Gasteiger partial charge in [-0.15, -0.1) is 0 Å². The van der Waals surface area contributed by atoms with Gasteiger partial charge in [0.05, 0.1) is 4.92 Å². The number of amides is 1. The summed E-state index contributed by atoms with van der Waals surface area (Å²) in [6.45, 7) is 4.72. The van der Waals surface area contributed by atoms with Crippen molar-refractivity contribution in [3.8, 4) is 0 Å². The van der Waals surface area contributed by atoms with Crippen LogP contribution >= 0.6 is 0 Å². The lowest BCUT2D eigenvalue weighted by atomic mass is 10.2. The molecular formula is C14H22N4O3. The molecule has 0 radical (unpaired) electrons. The molecule has 0 saturated carbocycles. The normalized spacial score (nSPS) is 10.1. The van der Waals surface area contributed by atoms with Crippen LogP contribution in [0.1, 0.15) is 19.8 Å². The van der Waals surface area contributed by atoms with E-state index in [1.165, 1.54) is 6.07 Å². The number of nitrogens with one attached hydrogen (secondary N) is 3. The monoisotopic (exact) mass is 294 g/mol. The zero-order valence-corrected chi connectivity index (χ0v) is 12.2. The molecule has 116 valence electrons. The first-order chi connectivity index (χ1) is 10.1. The highest BCUT2D eigenvalue weighted by atomic mass is 16.6. The van der Waals surface area contributed by atoms with Crippen LogP contribution in [0.25, 0.3) is 0 Å². The number of nitro groups is 1. The summed E-state index contributed by atoms with van der Waals surface area (Å²) < 4.78 is 0. The van der Waals surface area contributed by atoms with E-state index in [0.717, 1.165) is 19.5 Å². The molecule has 1 amide bonds. The van der Waals surface area contributed by atoms with E-state index in [4.69, 9.17) is 0 Å². The predicted molar refractivity (Wildman–Crippen MR) is 82.4 cm³/mol. The second kappa shape index (κ2) is 9.71. The van der Waals surface area contributed by atoms with Gasteiger partial charge in [-0.1, -0.05) is 19.1 Å². The van der Waals surface area contributed by atoms with Crippen molar-refractivity contribution in [2.75, 3.05) is 31.5 Å². The Morgan fingerprint density at radius 3 is 2.67 bits per heavy atom. The quantitative estimate of drug-likeness (QED) is 0.345. The number of hydrogen-bond acceptors (Lipinski definition) is 5. The van der Waals surface area contributed by atoms with Gasteiger partial charge in [-0.3, -0.25) is 14.9 Å². The van der Waals surface area contributed by atoms with Crippen LogP contribution in [0.15, 0.2) is 24.3 Å². The average molecular weight is 294 g/mol. The molecule has 0 aliphatic carbocycles.